The molecule has 0 atom stereocenters. The number of hydrogen-bond acceptors (Lipinski definition) is 3. The van der Waals surface area contributed by atoms with Gasteiger partial charge in [-0.1, -0.05) is 17.7 Å². The maximum absolute atomic E-state index is 12.3. The number of rotatable bonds is 4. The monoisotopic (exact) mass is 297 g/mol. The van der Waals surface area contributed by atoms with E-state index in [-0.39, 0.29) is 5.91 Å². The number of pyridine rings is 1. The predicted octanol–water partition coefficient (Wildman–Crippen LogP) is 4.08. The van der Waals surface area contributed by atoms with Gasteiger partial charge in [0.05, 0.1) is 11.9 Å². The van der Waals surface area contributed by atoms with E-state index in [9.17, 15) is 4.79 Å². The summed E-state index contributed by atoms with van der Waals surface area (Å²) in [7, 11) is 0. The second-order valence-electron chi connectivity index (χ2n) is 5.96. The number of nitrogens with one attached hydrogen (secondary N) is 2. The zero-order valence-corrected chi connectivity index (χ0v) is 13.8. The third-order valence-corrected chi connectivity index (χ3v) is 3.37. The van der Waals surface area contributed by atoms with Crippen molar-refractivity contribution in [2.24, 2.45) is 0 Å². The molecule has 0 unspecified atom stereocenters. The third-order valence-electron chi connectivity index (χ3n) is 3.37. The quantitative estimate of drug-likeness (QED) is 0.894. The van der Waals surface area contributed by atoms with Crippen molar-refractivity contribution in [3.63, 3.8) is 0 Å². The molecule has 2 N–H and O–H groups in total. The Morgan fingerprint density at radius 2 is 1.73 bits per heavy atom. The first-order chi connectivity index (χ1) is 10.4. The molecule has 4 nitrogen and oxygen atoms in total. The van der Waals surface area contributed by atoms with Gasteiger partial charge in [-0.05, 0) is 57.9 Å². The number of carbonyl (C=O) groups excluding carboxylic acids is 1. The molecule has 0 spiro atoms. The van der Waals surface area contributed by atoms with Crippen LogP contribution in [0.2, 0.25) is 0 Å². The van der Waals surface area contributed by atoms with Crippen LogP contribution in [-0.2, 0) is 0 Å². The average molecular weight is 297 g/mol. The Balaban J connectivity index is 2.16. The highest BCUT2D eigenvalue weighted by Gasteiger charge is 2.11. The SMILES string of the molecule is Cc1cc(C)c(NC(=O)c2ccc(NC(C)C)cn2)c(C)c1. The molecule has 0 aliphatic heterocycles. The summed E-state index contributed by atoms with van der Waals surface area (Å²) in [5.41, 5.74) is 5.49. The number of nitrogens with zero attached hydrogens (tertiary/aromatic N) is 1. The normalized spacial score (nSPS) is 10.6. The van der Waals surface area contributed by atoms with Crippen LogP contribution in [0.1, 0.15) is 41.0 Å². The molecular formula is C18H23N3O. The molecule has 0 saturated heterocycles. The van der Waals surface area contributed by atoms with E-state index in [1.54, 1.807) is 12.3 Å². The average Bonchev–Trinajstić information content (AvgIpc) is 2.42. The van der Waals surface area contributed by atoms with Crippen LogP contribution >= 0.6 is 0 Å². The summed E-state index contributed by atoms with van der Waals surface area (Å²) in [6.07, 6.45) is 1.68. The third kappa shape index (κ3) is 3.85. The zero-order chi connectivity index (χ0) is 16.3. The predicted molar refractivity (Wildman–Crippen MR) is 91.6 cm³/mol. The van der Waals surface area contributed by atoms with Gasteiger partial charge in [0.1, 0.15) is 5.69 Å². The maximum atomic E-state index is 12.3. The lowest BCUT2D eigenvalue weighted by molar-refractivity contribution is 0.102. The molecule has 1 heterocycles. The van der Waals surface area contributed by atoms with Crippen LogP contribution in [0.4, 0.5) is 11.4 Å². The van der Waals surface area contributed by atoms with Gasteiger partial charge in [-0.15, -0.1) is 0 Å². The van der Waals surface area contributed by atoms with Crippen molar-refractivity contribution in [3.05, 3.63) is 52.8 Å². The van der Waals surface area contributed by atoms with Crippen LogP contribution in [0.5, 0.6) is 0 Å². The van der Waals surface area contributed by atoms with E-state index in [1.165, 1.54) is 5.56 Å². The standard InChI is InChI=1S/C18H23N3O/c1-11(2)20-15-6-7-16(19-10-15)18(22)21-17-13(4)8-12(3)9-14(17)5/h6-11,20H,1-5H3,(H,21,22). The molecular weight excluding hydrogens is 274 g/mol. The van der Waals surface area contributed by atoms with Crippen LogP contribution in [0, 0.1) is 20.8 Å². The van der Waals surface area contributed by atoms with E-state index in [0.29, 0.717) is 11.7 Å². The van der Waals surface area contributed by atoms with Gasteiger partial charge in [0.25, 0.3) is 5.91 Å². The Bertz CT molecular complexity index is 652. The van der Waals surface area contributed by atoms with Gasteiger partial charge in [-0.2, -0.15) is 0 Å². The Morgan fingerprint density at radius 3 is 2.23 bits per heavy atom. The number of benzene rings is 1. The van der Waals surface area contributed by atoms with E-state index >= 15 is 0 Å². The van der Waals surface area contributed by atoms with Crippen molar-refractivity contribution >= 4 is 17.3 Å². The maximum Gasteiger partial charge on any atom is 0.274 e. The second-order valence-corrected chi connectivity index (χ2v) is 5.96. The first-order valence-electron chi connectivity index (χ1n) is 7.48. The lowest BCUT2D eigenvalue weighted by Gasteiger charge is -2.13. The van der Waals surface area contributed by atoms with Crippen molar-refractivity contribution < 1.29 is 4.79 Å². The summed E-state index contributed by atoms with van der Waals surface area (Å²) in [6, 6.07) is 8.06. The Hall–Kier alpha value is -2.36. The van der Waals surface area contributed by atoms with Crippen molar-refractivity contribution in [1.29, 1.82) is 0 Å². The van der Waals surface area contributed by atoms with Crippen molar-refractivity contribution in [1.82, 2.24) is 4.98 Å². The van der Waals surface area contributed by atoms with Gasteiger partial charge in [0.15, 0.2) is 0 Å². The summed E-state index contributed by atoms with van der Waals surface area (Å²) < 4.78 is 0. The molecule has 0 aliphatic rings. The minimum Gasteiger partial charge on any atom is -0.382 e. The fourth-order valence-corrected chi connectivity index (χ4v) is 2.50. The van der Waals surface area contributed by atoms with Gasteiger partial charge < -0.3 is 10.6 Å². The van der Waals surface area contributed by atoms with Crippen LogP contribution in [0.3, 0.4) is 0 Å². The number of aryl methyl sites for hydroxylation is 3. The van der Waals surface area contributed by atoms with Crippen LogP contribution in [-0.4, -0.2) is 16.9 Å². The van der Waals surface area contributed by atoms with Crippen molar-refractivity contribution in [3.8, 4) is 0 Å². The van der Waals surface area contributed by atoms with Gasteiger partial charge in [0, 0.05) is 11.7 Å². The fraction of sp³-hybridized carbons (Fsp3) is 0.333. The Kier molecular flexibility index (Phi) is 4.81. The Labute approximate surface area is 132 Å². The van der Waals surface area contributed by atoms with E-state index in [0.717, 1.165) is 22.5 Å². The molecule has 22 heavy (non-hydrogen) atoms. The summed E-state index contributed by atoms with van der Waals surface area (Å²) in [4.78, 5) is 16.6. The van der Waals surface area contributed by atoms with Gasteiger partial charge in [-0.3, -0.25) is 4.79 Å². The van der Waals surface area contributed by atoms with Gasteiger partial charge in [-0.25, -0.2) is 4.98 Å². The van der Waals surface area contributed by atoms with E-state index in [4.69, 9.17) is 0 Å². The smallest absolute Gasteiger partial charge is 0.274 e. The number of amides is 1. The second kappa shape index (κ2) is 6.60. The zero-order valence-electron chi connectivity index (χ0n) is 13.8. The Morgan fingerprint density at radius 1 is 1.09 bits per heavy atom. The summed E-state index contributed by atoms with van der Waals surface area (Å²) in [5, 5.41) is 6.21. The number of anilines is 2. The molecule has 0 fully saturated rings. The first kappa shape index (κ1) is 16.0. The molecule has 4 heteroatoms. The van der Waals surface area contributed by atoms with E-state index < -0.39 is 0 Å². The summed E-state index contributed by atoms with van der Waals surface area (Å²) >= 11 is 0. The first-order valence-corrected chi connectivity index (χ1v) is 7.48. The molecule has 2 rings (SSSR count). The topological polar surface area (TPSA) is 54.0 Å². The van der Waals surface area contributed by atoms with E-state index in [2.05, 4.69) is 41.6 Å². The number of hydrogen-bond donors (Lipinski definition) is 2. The molecule has 2 aromatic rings. The fourth-order valence-electron chi connectivity index (χ4n) is 2.50. The molecule has 0 radical (unpaired) electrons. The molecule has 1 amide bonds. The number of aromatic nitrogens is 1. The molecule has 0 bridgehead atoms. The van der Waals surface area contributed by atoms with Crippen LogP contribution in [0.25, 0.3) is 0 Å². The highest BCUT2D eigenvalue weighted by Crippen LogP contribution is 2.22. The number of carbonyl (C=O) groups is 1. The summed E-state index contributed by atoms with van der Waals surface area (Å²) in [5.74, 6) is -0.189. The van der Waals surface area contributed by atoms with E-state index in [1.807, 2.05) is 26.8 Å². The van der Waals surface area contributed by atoms with Crippen molar-refractivity contribution in [2.75, 3.05) is 10.6 Å². The molecule has 1 aromatic heterocycles. The molecule has 1 aromatic carbocycles. The highest BCUT2D eigenvalue weighted by atomic mass is 16.1. The van der Waals surface area contributed by atoms with Gasteiger partial charge in [0.2, 0.25) is 0 Å². The summed E-state index contributed by atoms with van der Waals surface area (Å²) in [6.45, 7) is 10.2. The molecule has 0 aliphatic carbocycles. The minimum absolute atomic E-state index is 0.189. The van der Waals surface area contributed by atoms with Crippen LogP contribution in [0.15, 0.2) is 30.5 Å². The highest BCUT2D eigenvalue weighted by molar-refractivity contribution is 6.03. The lowest BCUT2D eigenvalue weighted by atomic mass is 10.0. The lowest BCUT2D eigenvalue weighted by Crippen LogP contribution is -2.16. The molecule has 116 valence electrons. The largest absolute Gasteiger partial charge is 0.382 e. The molecule has 0 saturated carbocycles. The minimum atomic E-state index is -0.189. The van der Waals surface area contributed by atoms with Crippen LogP contribution < -0.4 is 10.6 Å². The van der Waals surface area contributed by atoms with Gasteiger partial charge >= 0.3 is 0 Å². The van der Waals surface area contributed by atoms with Crippen molar-refractivity contribution in [2.45, 2.75) is 40.7 Å².